The van der Waals surface area contributed by atoms with Gasteiger partial charge in [0, 0.05) is 12.5 Å². The number of rotatable bonds is 6. The Kier molecular flexibility index (Phi) is 6.09. The van der Waals surface area contributed by atoms with Gasteiger partial charge in [-0.3, -0.25) is 4.79 Å². The molecule has 1 atom stereocenters. The molecule has 100 valence electrons. The van der Waals surface area contributed by atoms with Crippen molar-refractivity contribution < 1.29 is 14.7 Å². The number of carbonyl (C=O) groups excluding carboxylic acids is 1. The van der Waals surface area contributed by atoms with E-state index in [-0.39, 0.29) is 6.42 Å². The van der Waals surface area contributed by atoms with Crippen LogP contribution in [-0.4, -0.2) is 23.0 Å². The van der Waals surface area contributed by atoms with E-state index in [1.54, 1.807) is 18.2 Å². The van der Waals surface area contributed by atoms with Gasteiger partial charge >= 0.3 is 5.97 Å². The number of amides is 1. The van der Waals surface area contributed by atoms with Crippen molar-refractivity contribution in [3.05, 3.63) is 60.2 Å². The number of carboxylic acids is 1. The van der Waals surface area contributed by atoms with E-state index in [1.807, 2.05) is 37.3 Å². The molecule has 0 radical (unpaired) electrons. The Balaban J connectivity index is 2.64. The highest BCUT2D eigenvalue weighted by Crippen LogP contribution is 2.03. The Hall–Kier alpha value is -2.36. The van der Waals surface area contributed by atoms with Gasteiger partial charge in [-0.2, -0.15) is 0 Å². The maximum absolute atomic E-state index is 11.5. The van der Waals surface area contributed by atoms with Crippen molar-refractivity contribution in [3.63, 3.8) is 0 Å². The molecule has 4 heteroatoms. The summed E-state index contributed by atoms with van der Waals surface area (Å²) >= 11 is 0. The minimum Gasteiger partial charge on any atom is -0.480 e. The van der Waals surface area contributed by atoms with Crippen LogP contribution in [0, 0.1) is 0 Å². The Morgan fingerprint density at radius 3 is 2.53 bits per heavy atom. The predicted molar refractivity (Wildman–Crippen MR) is 73.7 cm³/mol. The van der Waals surface area contributed by atoms with Crippen LogP contribution in [0.2, 0.25) is 0 Å². The second-order valence-electron chi connectivity index (χ2n) is 3.97. The first-order valence-corrected chi connectivity index (χ1v) is 6.00. The van der Waals surface area contributed by atoms with E-state index in [0.29, 0.717) is 0 Å². The van der Waals surface area contributed by atoms with E-state index < -0.39 is 17.9 Å². The van der Waals surface area contributed by atoms with Crippen molar-refractivity contribution in [1.82, 2.24) is 5.32 Å². The zero-order valence-electron chi connectivity index (χ0n) is 10.7. The van der Waals surface area contributed by atoms with Gasteiger partial charge in [-0.15, -0.1) is 0 Å². The molecule has 0 aromatic heterocycles. The van der Waals surface area contributed by atoms with Crippen molar-refractivity contribution in [2.24, 2.45) is 0 Å². The van der Waals surface area contributed by atoms with Gasteiger partial charge in [0.2, 0.25) is 5.91 Å². The van der Waals surface area contributed by atoms with Crippen LogP contribution < -0.4 is 5.32 Å². The number of carboxylic acid groups (broad SMARTS) is 1. The summed E-state index contributed by atoms with van der Waals surface area (Å²) in [4.78, 5) is 22.6. The van der Waals surface area contributed by atoms with Gasteiger partial charge in [0.1, 0.15) is 6.04 Å². The van der Waals surface area contributed by atoms with E-state index in [9.17, 15) is 9.59 Å². The van der Waals surface area contributed by atoms with Gasteiger partial charge in [-0.1, -0.05) is 48.6 Å². The Bertz CT molecular complexity index is 477. The van der Waals surface area contributed by atoms with Crippen LogP contribution in [0.15, 0.2) is 54.6 Å². The van der Waals surface area contributed by atoms with Gasteiger partial charge in [0.05, 0.1) is 0 Å². The van der Waals surface area contributed by atoms with Crippen molar-refractivity contribution >= 4 is 11.9 Å². The monoisotopic (exact) mass is 259 g/mol. The minimum atomic E-state index is -1.04. The topological polar surface area (TPSA) is 66.4 Å². The third-order valence-corrected chi connectivity index (χ3v) is 2.45. The average Bonchev–Trinajstić information content (AvgIpc) is 2.39. The van der Waals surface area contributed by atoms with Crippen LogP contribution in [0.1, 0.15) is 12.5 Å². The first-order valence-electron chi connectivity index (χ1n) is 6.00. The van der Waals surface area contributed by atoms with Crippen molar-refractivity contribution in [2.45, 2.75) is 19.4 Å². The van der Waals surface area contributed by atoms with Crippen LogP contribution in [0.5, 0.6) is 0 Å². The summed E-state index contributed by atoms with van der Waals surface area (Å²) in [6.45, 7) is 1.83. The van der Waals surface area contributed by atoms with Crippen molar-refractivity contribution in [3.8, 4) is 0 Å². The predicted octanol–water partition coefficient (Wildman–Crippen LogP) is 1.93. The van der Waals surface area contributed by atoms with Crippen LogP contribution in [0.25, 0.3) is 0 Å². The molecule has 0 fully saturated rings. The van der Waals surface area contributed by atoms with Crippen molar-refractivity contribution in [2.75, 3.05) is 0 Å². The summed E-state index contributed by atoms with van der Waals surface area (Å²) in [6, 6.07) is 8.27. The molecule has 0 aliphatic rings. The zero-order valence-corrected chi connectivity index (χ0v) is 10.7. The highest BCUT2D eigenvalue weighted by molar-refractivity contribution is 5.91. The first kappa shape index (κ1) is 14.7. The molecule has 4 nitrogen and oxygen atoms in total. The number of hydrogen-bond donors (Lipinski definition) is 2. The van der Waals surface area contributed by atoms with E-state index in [1.165, 1.54) is 6.08 Å². The molecule has 1 amide bonds. The molecule has 1 aromatic rings. The maximum atomic E-state index is 11.5. The maximum Gasteiger partial charge on any atom is 0.326 e. The summed E-state index contributed by atoms with van der Waals surface area (Å²) in [5.74, 6) is -1.46. The largest absolute Gasteiger partial charge is 0.480 e. The summed E-state index contributed by atoms with van der Waals surface area (Å²) in [5, 5.41) is 11.6. The first-order chi connectivity index (χ1) is 9.13. The lowest BCUT2D eigenvalue weighted by Gasteiger charge is -2.13. The molecule has 2 N–H and O–H groups in total. The lowest BCUT2D eigenvalue weighted by Crippen LogP contribution is -2.41. The molecule has 19 heavy (non-hydrogen) atoms. The van der Waals surface area contributed by atoms with E-state index in [2.05, 4.69) is 5.32 Å². The molecular formula is C15H17NO3. The number of nitrogens with one attached hydrogen (secondary N) is 1. The lowest BCUT2D eigenvalue weighted by molar-refractivity contribution is -0.141. The normalized spacial score (nSPS) is 12.7. The number of carbonyl (C=O) groups is 2. The van der Waals surface area contributed by atoms with Gasteiger partial charge in [-0.05, 0) is 12.5 Å². The molecule has 0 saturated heterocycles. The van der Waals surface area contributed by atoms with E-state index in [4.69, 9.17) is 5.11 Å². The molecule has 0 spiro atoms. The quantitative estimate of drug-likeness (QED) is 0.606. The molecule has 0 aliphatic carbocycles. The third kappa shape index (κ3) is 5.68. The van der Waals surface area contributed by atoms with Crippen LogP contribution >= 0.6 is 0 Å². The van der Waals surface area contributed by atoms with Gasteiger partial charge in [-0.25, -0.2) is 4.79 Å². The highest BCUT2D eigenvalue weighted by Gasteiger charge is 2.18. The summed E-state index contributed by atoms with van der Waals surface area (Å²) < 4.78 is 0. The number of aliphatic carboxylic acids is 1. The van der Waals surface area contributed by atoms with Crippen LogP contribution in [-0.2, 0) is 16.0 Å². The van der Waals surface area contributed by atoms with Gasteiger partial charge < -0.3 is 10.4 Å². The standard InChI is InChI=1S/C15H17NO3/c1-2-3-5-10-14(17)16-13(15(18)19)11-12-8-6-4-7-9-12/h2-10,13H,11H2,1H3,(H,16,17)(H,18,19)/t13-/m1/s1. The number of allylic oxidation sites excluding steroid dienone is 3. The van der Waals surface area contributed by atoms with E-state index in [0.717, 1.165) is 5.56 Å². The van der Waals surface area contributed by atoms with E-state index >= 15 is 0 Å². The summed E-state index contributed by atoms with van der Waals surface area (Å²) in [6.07, 6.45) is 6.62. The van der Waals surface area contributed by atoms with Gasteiger partial charge in [0.15, 0.2) is 0 Å². The molecule has 1 rings (SSSR count). The highest BCUT2D eigenvalue weighted by atomic mass is 16.4. The third-order valence-electron chi connectivity index (χ3n) is 2.45. The smallest absolute Gasteiger partial charge is 0.326 e. The van der Waals surface area contributed by atoms with Gasteiger partial charge in [0.25, 0.3) is 0 Å². The molecule has 1 aromatic carbocycles. The number of hydrogen-bond acceptors (Lipinski definition) is 2. The zero-order chi connectivity index (χ0) is 14.1. The van der Waals surface area contributed by atoms with Crippen LogP contribution in [0.4, 0.5) is 0 Å². The van der Waals surface area contributed by atoms with Crippen LogP contribution in [0.3, 0.4) is 0 Å². The number of benzene rings is 1. The molecule has 0 bridgehead atoms. The summed E-state index contributed by atoms with van der Waals surface area (Å²) in [5.41, 5.74) is 0.868. The fourth-order valence-corrected chi connectivity index (χ4v) is 1.52. The minimum absolute atomic E-state index is 0.263. The molecule has 0 unspecified atom stereocenters. The fraction of sp³-hybridized carbons (Fsp3) is 0.200. The fourth-order valence-electron chi connectivity index (χ4n) is 1.52. The molecular weight excluding hydrogens is 242 g/mol. The Labute approximate surface area is 112 Å². The SMILES string of the molecule is CC=CC=CC(=O)N[C@H](Cc1ccccc1)C(=O)O. The van der Waals surface area contributed by atoms with Crippen molar-refractivity contribution in [1.29, 1.82) is 0 Å². The average molecular weight is 259 g/mol. The Morgan fingerprint density at radius 1 is 1.26 bits per heavy atom. The molecule has 0 heterocycles. The Morgan fingerprint density at radius 2 is 1.95 bits per heavy atom. The summed E-state index contributed by atoms with van der Waals surface area (Å²) in [7, 11) is 0. The molecule has 0 aliphatic heterocycles. The molecule has 0 saturated carbocycles. The second-order valence-corrected chi connectivity index (χ2v) is 3.97. The lowest BCUT2D eigenvalue weighted by atomic mass is 10.1. The second kappa shape index (κ2) is 7.87.